The summed E-state index contributed by atoms with van der Waals surface area (Å²) in [5, 5.41) is 38.5. The average Bonchev–Trinajstić information content (AvgIpc) is 2.27. The van der Waals surface area contributed by atoms with Crippen LogP contribution in [0.5, 0.6) is 5.75 Å². The molecule has 1 heterocycles. The molecule has 0 radical (unpaired) electrons. The molecule has 3 N–H and O–H groups in total. The zero-order chi connectivity index (χ0) is 12.3. The summed E-state index contributed by atoms with van der Waals surface area (Å²) in [6, 6.07) is 2.25. The van der Waals surface area contributed by atoms with E-state index in [0.29, 0.717) is 0 Å². The summed E-state index contributed by atoms with van der Waals surface area (Å²) < 4.78 is 0. The molecule has 0 fully saturated rings. The van der Waals surface area contributed by atoms with E-state index in [1.807, 2.05) is 0 Å². The Kier molecular flexibility index (Phi) is 4.16. The van der Waals surface area contributed by atoms with Crippen molar-refractivity contribution in [2.24, 2.45) is 0 Å². The van der Waals surface area contributed by atoms with Crippen molar-refractivity contribution in [2.75, 3.05) is 5.33 Å². The zero-order valence-corrected chi connectivity index (χ0v) is 9.53. The minimum absolute atomic E-state index is 0.0727. The third-order valence-corrected chi connectivity index (χ3v) is 2.54. The third-order valence-electron chi connectivity index (χ3n) is 1.87. The van der Waals surface area contributed by atoms with Gasteiger partial charge in [0, 0.05) is 5.33 Å². The molecular formula is C8H9BrN2O5. The van der Waals surface area contributed by atoms with Crippen molar-refractivity contribution in [2.45, 2.75) is 12.2 Å². The van der Waals surface area contributed by atoms with E-state index in [1.165, 1.54) is 6.07 Å². The van der Waals surface area contributed by atoms with E-state index < -0.39 is 28.7 Å². The quantitative estimate of drug-likeness (QED) is 0.422. The van der Waals surface area contributed by atoms with Crippen LogP contribution in [0.15, 0.2) is 12.1 Å². The van der Waals surface area contributed by atoms with E-state index in [4.69, 9.17) is 5.11 Å². The van der Waals surface area contributed by atoms with Crippen LogP contribution in [0.3, 0.4) is 0 Å². The summed E-state index contributed by atoms with van der Waals surface area (Å²) in [6.45, 7) is 0. The summed E-state index contributed by atoms with van der Waals surface area (Å²) in [4.78, 5) is 13.1. The van der Waals surface area contributed by atoms with Gasteiger partial charge in [-0.3, -0.25) is 0 Å². The van der Waals surface area contributed by atoms with Gasteiger partial charge in [0.05, 0.1) is 6.10 Å². The Morgan fingerprint density at radius 2 is 2.12 bits per heavy atom. The number of pyridine rings is 1. The molecule has 2 unspecified atom stereocenters. The maximum absolute atomic E-state index is 10.5. The summed E-state index contributed by atoms with van der Waals surface area (Å²) in [6.07, 6.45) is -2.48. The molecular weight excluding hydrogens is 284 g/mol. The number of halogens is 1. The van der Waals surface area contributed by atoms with Crippen LogP contribution in [-0.4, -0.2) is 36.7 Å². The summed E-state index contributed by atoms with van der Waals surface area (Å²) >= 11 is 2.95. The van der Waals surface area contributed by atoms with Gasteiger partial charge in [-0.05, 0) is 22.0 Å². The molecule has 16 heavy (non-hydrogen) atoms. The second kappa shape index (κ2) is 5.19. The molecule has 0 bridgehead atoms. The van der Waals surface area contributed by atoms with Crippen LogP contribution in [0.25, 0.3) is 0 Å². The van der Waals surface area contributed by atoms with Crippen molar-refractivity contribution in [3.63, 3.8) is 0 Å². The maximum Gasteiger partial charge on any atom is 0.406 e. The molecule has 0 saturated carbocycles. The van der Waals surface area contributed by atoms with Crippen LogP contribution in [0.4, 0.5) is 5.82 Å². The molecule has 0 aliphatic heterocycles. The predicted octanol–water partition coefficient (Wildman–Crippen LogP) is 0.485. The topological polar surface area (TPSA) is 117 Å². The Morgan fingerprint density at radius 1 is 1.50 bits per heavy atom. The average molecular weight is 293 g/mol. The molecule has 1 rings (SSSR count). The fourth-order valence-corrected chi connectivity index (χ4v) is 1.39. The van der Waals surface area contributed by atoms with Crippen LogP contribution < -0.4 is 0 Å². The van der Waals surface area contributed by atoms with Crippen LogP contribution in [0.2, 0.25) is 0 Å². The van der Waals surface area contributed by atoms with Gasteiger partial charge in [-0.25, -0.2) is 0 Å². The number of aromatic nitrogens is 1. The van der Waals surface area contributed by atoms with Crippen molar-refractivity contribution in [1.29, 1.82) is 0 Å². The Morgan fingerprint density at radius 3 is 2.62 bits per heavy atom. The van der Waals surface area contributed by atoms with Gasteiger partial charge in [0.1, 0.15) is 6.10 Å². The zero-order valence-electron chi connectivity index (χ0n) is 7.95. The second-order valence-electron chi connectivity index (χ2n) is 3.00. The Bertz CT molecular complexity index is 400. The number of rotatable bonds is 4. The van der Waals surface area contributed by atoms with Gasteiger partial charge in [-0.2, -0.15) is 0 Å². The highest BCUT2D eigenvalue weighted by molar-refractivity contribution is 9.09. The summed E-state index contributed by atoms with van der Waals surface area (Å²) in [7, 11) is 0. The number of hydrogen-bond acceptors (Lipinski definition) is 6. The standard InChI is InChI=1S/C8H9BrN2O5/c9-3-6(13)7(14)4-1-2-5(12)8(10-4)11(15)16/h1-2,6-7,12-14H,3H2. The molecule has 1 aromatic rings. The van der Waals surface area contributed by atoms with E-state index >= 15 is 0 Å². The molecule has 0 spiro atoms. The van der Waals surface area contributed by atoms with Crippen LogP contribution in [0.1, 0.15) is 11.8 Å². The van der Waals surface area contributed by atoms with E-state index in [9.17, 15) is 20.3 Å². The number of nitrogens with zero attached hydrogens (tertiary/aromatic N) is 2. The van der Waals surface area contributed by atoms with Crippen molar-refractivity contribution < 1.29 is 20.2 Å². The maximum atomic E-state index is 10.5. The predicted molar refractivity (Wildman–Crippen MR) is 57.3 cm³/mol. The van der Waals surface area contributed by atoms with E-state index in [2.05, 4.69) is 20.9 Å². The molecule has 7 nitrogen and oxygen atoms in total. The summed E-state index contributed by atoms with van der Waals surface area (Å²) in [5.74, 6) is -1.34. The largest absolute Gasteiger partial charge is 0.501 e. The first kappa shape index (κ1) is 12.8. The van der Waals surface area contributed by atoms with Gasteiger partial charge in [0.25, 0.3) is 0 Å². The van der Waals surface area contributed by atoms with Crippen molar-refractivity contribution >= 4 is 21.7 Å². The van der Waals surface area contributed by atoms with Gasteiger partial charge in [-0.1, -0.05) is 15.9 Å². The Balaban J connectivity index is 3.07. The molecule has 2 atom stereocenters. The van der Waals surface area contributed by atoms with Crippen LogP contribution in [-0.2, 0) is 0 Å². The molecule has 0 saturated heterocycles. The molecule has 88 valence electrons. The van der Waals surface area contributed by atoms with Crippen molar-refractivity contribution in [1.82, 2.24) is 4.98 Å². The molecule has 1 aromatic heterocycles. The van der Waals surface area contributed by atoms with E-state index in [-0.39, 0.29) is 11.0 Å². The smallest absolute Gasteiger partial charge is 0.406 e. The molecule has 8 heteroatoms. The fraction of sp³-hybridized carbons (Fsp3) is 0.375. The van der Waals surface area contributed by atoms with Gasteiger partial charge >= 0.3 is 5.82 Å². The minimum atomic E-state index is -1.35. The first-order chi connectivity index (χ1) is 7.47. The number of hydrogen-bond donors (Lipinski definition) is 3. The number of aromatic hydroxyl groups is 1. The first-order valence-electron chi connectivity index (χ1n) is 4.23. The Hall–Kier alpha value is -1.25. The van der Waals surface area contributed by atoms with Crippen molar-refractivity contribution in [3.05, 3.63) is 27.9 Å². The van der Waals surface area contributed by atoms with Crippen molar-refractivity contribution in [3.8, 4) is 5.75 Å². The molecule has 0 amide bonds. The third kappa shape index (κ3) is 2.65. The van der Waals surface area contributed by atoms with E-state index in [0.717, 1.165) is 6.07 Å². The van der Waals surface area contributed by atoms with Crippen LogP contribution in [0, 0.1) is 10.1 Å². The highest BCUT2D eigenvalue weighted by Crippen LogP contribution is 2.26. The van der Waals surface area contributed by atoms with Gasteiger partial charge in [0.2, 0.25) is 5.75 Å². The number of aliphatic hydroxyl groups is 2. The first-order valence-corrected chi connectivity index (χ1v) is 5.36. The SMILES string of the molecule is O=[N+]([O-])c1nc(C(O)C(O)CBr)ccc1O. The Labute approximate surface area is 98.6 Å². The lowest BCUT2D eigenvalue weighted by Crippen LogP contribution is -2.20. The lowest BCUT2D eigenvalue weighted by molar-refractivity contribution is -0.390. The highest BCUT2D eigenvalue weighted by Gasteiger charge is 2.26. The lowest BCUT2D eigenvalue weighted by Gasteiger charge is -2.11. The summed E-state index contributed by atoms with van der Waals surface area (Å²) in [5.41, 5.74) is -0.0727. The molecule has 0 aliphatic carbocycles. The van der Waals surface area contributed by atoms with Gasteiger partial charge in [-0.15, -0.1) is 0 Å². The molecule has 0 aromatic carbocycles. The normalized spacial score (nSPS) is 14.4. The monoisotopic (exact) mass is 292 g/mol. The van der Waals surface area contributed by atoms with Crippen LogP contribution >= 0.6 is 15.9 Å². The second-order valence-corrected chi connectivity index (χ2v) is 3.65. The van der Waals surface area contributed by atoms with Gasteiger partial charge < -0.3 is 25.4 Å². The minimum Gasteiger partial charge on any atom is -0.501 e. The highest BCUT2D eigenvalue weighted by atomic mass is 79.9. The lowest BCUT2D eigenvalue weighted by atomic mass is 10.1. The van der Waals surface area contributed by atoms with E-state index in [1.54, 1.807) is 0 Å². The molecule has 0 aliphatic rings. The van der Waals surface area contributed by atoms with Gasteiger partial charge in [0.15, 0.2) is 5.69 Å². The number of aliphatic hydroxyl groups excluding tert-OH is 2. The number of alkyl halides is 1. The number of nitro groups is 1. The fourth-order valence-electron chi connectivity index (χ4n) is 1.04.